The van der Waals surface area contributed by atoms with Crippen LogP contribution in [0.15, 0.2) is 22.7 Å². The zero-order valence-electron chi connectivity index (χ0n) is 9.45. The van der Waals surface area contributed by atoms with Gasteiger partial charge in [0, 0.05) is 18.1 Å². The molecular weight excluding hydrogens is 289 g/mol. The Morgan fingerprint density at radius 3 is 3.00 bits per heavy atom. The number of halogens is 2. The Labute approximate surface area is 108 Å². The lowest BCUT2D eigenvalue weighted by Crippen LogP contribution is -2.37. The summed E-state index contributed by atoms with van der Waals surface area (Å²) in [6, 6.07) is 4.19. The summed E-state index contributed by atoms with van der Waals surface area (Å²) in [6.45, 7) is 1.22. The molecule has 1 fully saturated rings. The molecule has 0 aromatic heterocycles. The molecule has 1 aliphatic heterocycles. The summed E-state index contributed by atoms with van der Waals surface area (Å²) in [4.78, 5) is 13.8. The lowest BCUT2D eigenvalue weighted by molar-refractivity contribution is 0.0710. The fraction of sp³-hybridized carbons (Fsp3) is 0.417. The number of carbonyl (C=O) groups is 1. The van der Waals surface area contributed by atoms with Crippen molar-refractivity contribution in [1.29, 1.82) is 0 Å². The summed E-state index contributed by atoms with van der Waals surface area (Å²) in [6.07, 6.45) is 0.829. The number of amides is 1. The molecule has 2 rings (SSSR count). The maximum atomic E-state index is 13.1. The highest BCUT2D eigenvalue weighted by molar-refractivity contribution is 9.10. The maximum Gasteiger partial charge on any atom is 0.255 e. The van der Waals surface area contributed by atoms with E-state index in [0.29, 0.717) is 23.2 Å². The highest BCUT2D eigenvalue weighted by Crippen LogP contribution is 2.21. The third-order valence-electron chi connectivity index (χ3n) is 2.93. The first kappa shape index (κ1) is 12.5. The van der Waals surface area contributed by atoms with E-state index in [9.17, 15) is 9.18 Å². The number of likely N-dealkylation sites (N-methyl/N-ethyl adjacent to an activating group) is 1. The van der Waals surface area contributed by atoms with E-state index in [0.717, 1.165) is 6.42 Å². The van der Waals surface area contributed by atoms with Crippen LogP contribution in [0.25, 0.3) is 0 Å². The van der Waals surface area contributed by atoms with Gasteiger partial charge in [0.05, 0.1) is 18.2 Å². The molecule has 0 spiro atoms. The minimum atomic E-state index is -0.410. The van der Waals surface area contributed by atoms with Gasteiger partial charge in [-0.1, -0.05) is 0 Å². The number of hydrogen-bond donors (Lipinski definition) is 0. The van der Waals surface area contributed by atoms with Crippen LogP contribution >= 0.6 is 15.9 Å². The molecule has 1 heterocycles. The Bertz CT molecular complexity index is 433. The highest BCUT2D eigenvalue weighted by atomic mass is 79.9. The average Bonchev–Trinajstić information content (AvgIpc) is 2.84. The molecule has 1 aromatic carbocycles. The van der Waals surface area contributed by atoms with Gasteiger partial charge in [-0.3, -0.25) is 4.79 Å². The van der Waals surface area contributed by atoms with E-state index in [-0.39, 0.29) is 11.9 Å². The Balaban J connectivity index is 2.20. The van der Waals surface area contributed by atoms with Crippen molar-refractivity contribution in [2.75, 3.05) is 20.3 Å². The summed E-state index contributed by atoms with van der Waals surface area (Å²) >= 11 is 3.26. The molecule has 0 saturated carbocycles. The second-order valence-electron chi connectivity index (χ2n) is 4.06. The predicted molar refractivity (Wildman–Crippen MR) is 65.4 cm³/mol. The zero-order chi connectivity index (χ0) is 12.4. The predicted octanol–water partition coefficient (Wildman–Crippen LogP) is 2.45. The SMILES string of the molecule is CN(C(=O)c1cc(F)ccc1Br)C1CCOC1. The van der Waals surface area contributed by atoms with Crippen LogP contribution in [0.2, 0.25) is 0 Å². The van der Waals surface area contributed by atoms with Gasteiger partial charge in [0.1, 0.15) is 5.82 Å². The van der Waals surface area contributed by atoms with Crippen molar-refractivity contribution in [2.45, 2.75) is 12.5 Å². The van der Waals surface area contributed by atoms with E-state index in [2.05, 4.69) is 15.9 Å². The van der Waals surface area contributed by atoms with E-state index < -0.39 is 5.82 Å². The van der Waals surface area contributed by atoms with Crippen LogP contribution in [-0.4, -0.2) is 37.1 Å². The smallest absolute Gasteiger partial charge is 0.255 e. The first-order valence-corrected chi connectivity index (χ1v) is 6.19. The second-order valence-corrected chi connectivity index (χ2v) is 4.91. The highest BCUT2D eigenvalue weighted by Gasteiger charge is 2.26. The van der Waals surface area contributed by atoms with Crippen LogP contribution in [0.3, 0.4) is 0 Å². The summed E-state index contributed by atoms with van der Waals surface area (Å²) in [7, 11) is 1.72. The number of ether oxygens (including phenoxy) is 1. The molecule has 1 unspecified atom stereocenters. The van der Waals surface area contributed by atoms with Gasteiger partial charge < -0.3 is 9.64 Å². The third kappa shape index (κ3) is 2.66. The quantitative estimate of drug-likeness (QED) is 0.840. The molecule has 0 radical (unpaired) electrons. The van der Waals surface area contributed by atoms with Gasteiger partial charge in [-0.05, 0) is 40.5 Å². The lowest BCUT2D eigenvalue weighted by Gasteiger charge is -2.23. The standard InChI is InChI=1S/C12H13BrFNO2/c1-15(9-4-5-17-7-9)12(16)10-6-8(14)2-3-11(10)13/h2-3,6,9H,4-5,7H2,1H3. The number of hydrogen-bond acceptors (Lipinski definition) is 2. The van der Waals surface area contributed by atoms with Crippen LogP contribution in [0.5, 0.6) is 0 Å². The molecular formula is C12H13BrFNO2. The van der Waals surface area contributed by atoms with E-state index >= 15 is 0 Å². The van der Waals surface area contributed by atoms with Gasteiger partial charge in [0.25, 0.3) is 5.91 Å². The first-order chi connectivity index (χ1) is 8.09. The van der Waals surface area contributed by atoms with Gasteiger partial charge in [-0.2, -0.15) is 0 Å². The van der Waals surface area contributed by atoms with Crippen LogP contribution < -0.4 is 0 Å². The lowest BCUT2D eigenvalue weighted by atomic mass is 10.1. The molecule has 1 aliphatic rings. The Kier molecular flexibility index (Phi) is 3.79. The number of nitrogens with zero attached hydrogens (tertiary/aromatic N) is 1. The molecule has 1 aromatic rings. The van der Waals surface area contributed by atoms with Crippen molar-refractivity contribution in [3.05, 3.63) is 34.1 Å². The van der Waals surface area contributed by atoms with E-state index in [1.54, 1.807) is 18.0 Å². The van der Waals surface area contributed by atoms with Crippen LogP contribution in [0, 0.1) is 5.82 Å². The fourth-order valence-corrected chi connectivity index (χ4v) is 2.26. The fourth-order valence-electron chi connectivity index (χ4n) is 1.84. The Hall–Kier alpha value is -0.940. The van der Waals surface area contributed by atoms with Gasteiger partial charge in [0.15, 0.2) is 0 Å². The molecule has 92 valence electrons. The van der Waals surface area contributed by atoms with Crippen molar-refractivity contribution < 1.29 is 13.9 Å². The summed E-state index contributed by atoms with van der Waals surface area (Å²) < 4.78 is 19.0. The summed E-state index contributed by atoms with van der Waals surface area (Å²) in [5.74, 6) is -0.598. The molecule has 5 heteroatoms. The Morgan fingerprint density at radius 2 is 2.35 bits per heavy atom. The number of rotatable bonds is 2. The normalized spacial score (nSPS) is 19.4. The van der Waals surface area contributed by atoms with Crippen molar-refractivity contribution in [2.24, 2.45) is 0 Å². The summed E-state index contributed by atoms with van der Waals surface area (Å²) in [5, 5.41) is 0. The van der Waals surface area contributed by atoms with Crippen LogP contribution in [-0.2, 0) is 4.74 Å². The van der Waals surface area contributed by atoms with Crippen molar-refractivity contribution in [1.82, 2.24) is 4.90 Å². The van der Waals surface area contributed by atoms with Crippen LogP contribution in [0.1, 0.15) is 16.8 Å². The van der Waals surface area contributed by atoms with E-state index in [4.69, 9.17) is 4.74 Å². The molecule has 1 atom stereocenters. The molecule has 1 amide bonds. The molecule has 0 N–H and O–H groups in total. The minimum Gasteiger partial charge on any atom is -0.379 e. The van der Waals surface area contributed by atoms with Crippen molar-refractivity contribution in [3.63, 3.8) is 0 Å². The first-order valence-electron chi connectivity index (χ1n) is 5.39. The zero-order valence-corrected chi connectivity index (χ0v) is 11.0. The largest absolute Gasteiger partial charge is 0.379 e. The molecule has 17 heavy (non-hydrogen) atoms. The molecule has 3 nitrogen and oxygen atoms in total. The maximum absolute atomic E-state index is 13.1. The molecule has 0 bridgehead atoms. The third-order valence-corrected chi connectivity index (χ3v) is 3.62. The average molecular weight is 302 g/mol. The number of carbonyl (C=O) groups excluding carboxylic acids is 1. The van der Waals surface area contributed by atoms with Gasteiger partial charge in [0.2, 0.25) is 0 Å². The topological polar surface area (TPSA) is 29.5 Å². The van der Waals surface area contributed by atoms with Gasteiger partial charge in [-0.25, -0.2) is 4.39 Å². The van der Waals surface area contributed by atoms with E-state index in [1.165, 1.54) is 12.1 Å². The van der Waals surface area contributed by atoms with Crippen molar-refractivity contribution in [3.8, 4) is 0 Å². The monoisotopic (exact) mass is 301 g/mol. The second kappa shape index (κ2) is 5.14. The van der Waals surface area contributed by atoms with E-state index in [1.807, 2.05) is 0 Å². The molecule has 0 aliphatic carbocycles. The summed E-state index contributed by atoms with van der Waals surface area (Å²) in [5.41, 5.74) is 0.347. The number of benzene rings is 1. The molecule has 1 saturated heterocycles. The van der Waals surface area contributed by atoms with Gasteiger partial charge in [-0.15, -0.1) is 0 Å². The minimum absolute atomic E-state index is 0.0812. The Morgan fingerprint density at radius 1 is 1.59 bits per heavy atom. The van der Waals surface area contributed by atoms with Crippen LogP contribution in [0.4, 0.5) is 4.39 Å². The van der Waals surface area contributed by atoms with Gasteiger partial charge >= 0.3 is 0 Å². The van der Waals surface area contributed by atoms with Crippen molar-refractivity contribution >= 4 is 21.8 Å².